The van der Waals surface area contributed by atoms with Crippen LogP contribution in [-0.2, 0) is 6.54 Å². The van der Waals surface area contributed by atoms with E-state index in [0.29, 0.717) is 23.5 Å². The fourth-order valence-corrected chi connectivity index (χ4v) is 4.15. The fourth-order valence-electron chi connectivity index (χ4n) is 4.15. The number of nitrogen functional groups attached to an aromatic ring is 1. The molecule has 0 spiro atoms. The van der Waals surface area contributed by atoms with Crippen molar-refractivity contribution < 1.29 is 4.39 Å². The lowest BCUT2D eigenvalue weighted by atomic mass is 10.0. The van der Waals surface area contributed by atoms with Gasteiger partial charge in [-0.2, -0.15) is 0 Å². The molecule has 0 radical (unpaired) electrons. The summed E-state index contributed by atoms with van der Waals surface area (Å²) >= 11 is 0. The number of para-hydroxylation sites is 2. The molecule has 1 fully saturated rings. The van der Waals surface area contributed by atoms with E-state index in [9.17, 15) is 4.39 Å². The highest BCUT2D eigenvalue weighted by molar-refractivity contribution is 6.16. The molecule has 2 aromatic heterocycles. The van der Waals surface area contributed by atoms with Crippen molar-refractivity contribution in [2.75, 3.05) is 49.2 Å². The number of nitrogens with zero attached hydrogens (tertiary/aromatic N) is 6. The number of rotatable bonds is 6. The van der Waals surface area contributed by atoms with Crippen molar-refractivity contribution in [1.29, 1.82) is 5.41 Å². The molecule has 4 N–H and O–H groups in total. The third-order valence-corrected chi connectivity index (χ3v) is 6.09. The minimum atomic E-state index is -0.430. The van der Waals surface area contributed by atoms with Gasteiger partial charge in [0.05, 0.1) is 28.9 Å². The van der Waals surface area contributed by atoms with Crippen molar-refractivity contribution >= 4 is 34.2 Å². The molecule has 10 heteroatoms. The number of halogens is 1. The quantitative estimate of drug-likeness (QED) is 0.367. The number of piperazine rings is 1. The van der Waals surface area contributed by atoms with Gasteiger partial charge in [-0.3, -0.25) is 5.41 Å². The van der Waals surface area contributed by atoms with Gasteiger partial charge in [0.25, 0.3) is 0 Å². The van der Waals surface area contributed by atoms with E-state index in [4.69, 9.17) is 21.1 Å². The Bertz CT molecular complexity index is 1380. The second kappa shape index (κ2) is 9.59. The predicted octanol–water partition coefficient (Wildman–Crippen LogP) is 2.92. The average molecular weight is 472 g/mol. The first-order chi connectivity index (χ1) is 17.0. The van der Waals surface area contributed by atoms with Crippen LogP contribution in [0.1, 0.15) is 16.8 Å². The summed E-state index contributed by atoms with van der Waals surface area (Å²) in [6, 6.07) is 13.6. The maximum Gasteiger partial charge on any atom is 0.153 e. The standard InChI is InChI=1S/C25H26FN9/c1-34-9-11-35(12-10-34)25-20(32-18-7-2-3-8-19(18)33-25)14-29-24-21(23(28)30-15-31-24)22(27)16-5-4-6-17(26)13-16/h2-8,13,15,27H,9-12,14H2,1H3,(H3,28,29,30,31). The Morgan fingerprint density at radius 2 is 1.77 bits per heavy atom. The van der Waals surface area contributed by atoms with Crippen LogP contribution in [0, 0.1) is 11.2 Å². The molecular formula is C25H26FN9. The molecule has 1 aliphatic rings. The van der Waals surface area contributed by atoms with Crippen LogP contribution in [0.3, 0.4) is 0 Å². The Kier molecular flexibility index (Phi) is 6.19. The number of benzene rings is 2. The van der Waals surface area contributed by atoms with Crippen molar-refractivity contribution in [3.05, 3.63) is 77.5 Å². The Hall–Kier alpha value is -4.18. The third kappa shape index (κ3) is 4.73. The van der Waals surface area contributed by atoms with Gasteiger partial charge in [-0.25, -0.2) is 24.3 Å². The highest BCUT2D eigenvalue weighted by Crippen LogP contribution is 2.25. The average Bonchev–Trinajstić information content (AvgIpc) is 2.87. The minimum absolute atomic E-state index is 0.0361. The molecular weight excluding hydrogens is 445 g/mol. The topological polar surface area (TPSA) is 120 Å². The molecule has 0 bridgehead atoms. The maximum atomic E-state index is 13.8. The van der Waals surface area contributed by atoms with Crippen molar-refractivity contribution in [2.45, 2.75) is 6.54 Å². The van der Waals surface area contributed by atoms with Crippen LogP contribution in [0.15, 0.2) is 54.9 Å². The van der Waals surface area contributed by atoms with Crippen molar-refractivity contribution in [3.8, 4) is 0 Å². The van der Waals surface area contributed by atoms with Gasteiger partial charge in [-0.05, 0) is 31.3 Å². The highest BCUT2D eigenvalue weighted by atomic mass is 19.1. The van der Waals surface area contributed by atoms with Crippen LogP contribution in [0.4, 0.5) is 21.8 Å². The van der Waals surface area contributed by atoms with Crippen LogP contribution >= 0.6 is 0 Å². The van der Waals surface area contributed by atoms with Gasteiger partial charge in [-0.1, -0.05) is 24.3 Å². The van der Waals surface area contributed by atoms with Gasteiger partial charge in [0.1, 0.15) is 29.5 Å². The smallest absolute Gasteiger partial charge is 0.153 e. The zero-order chi connectivity index (χ0) is 24.4. The Balaban J connectivity index is 1.48. The normalized spacial score (nSPS) is 14.3. The Morgan fingerprint density at radius 3 is 2.51 bits per heavy atom. The number of fused-ring (bicyclic) bond motifs is 1. The summed E-state index contributed by atoms with van der Waals surface area (Å²) in [7, 11) is 2.11. The molecule has 178 valence electrons. The first-order valence-electron chi connectivity index (χ1n) is 11.4. The van der Waals surface area contributed by atoms with Gasteiger partial charge in [-0.15, -0.1) is 0 Å². The molecule has 4 aromatic rings. The van der Waals surface area contributed by atoms with Crippen molar-refractivity contribution in [2.24, 2.45) is 0 Å². The molecule has 5 rings (SSSR count). The van der Waals surface area contributed by atoms with E-state index < -0.39 is 5.82 Å². The fraction of sp³-hybridized carbons (Fsp3) is 0.240. The summed E-state index contributed by atoms with van der Waals surface area (Å²) < 4.78 is 13.8. The predicted molar refractivity (Wildman–Crippen MR) is 135 cm³/mol. The van der Waals surface area contributed by atoms with Crippen LogP contribution < -0.4 is 16.0 Å². The maximum absolute atomic E-state index is 13.8. The molecule has 0 amide bonds. The second-order valence-electron chi connectivity index (χ2n) is 8.49. The van der Waals surface area contributed by atoms with Gasteiger partial charge in [0, 0.05) is 31.7 Å². The van der Waals surface area contributed by atoms with Crippen LogP contribution in [0.2, 0.25) is 0 Å². The van der Waals surface area contributed by atoms with Crippen LogP contribution in [0.5, 0.6) is 0 Å². The molecule has 0 atom stereocenters. The lowest BCUT2D eigenvalue weighted by Crippen LogP contribution is -2.45. The number of hydrogen-bond acceptors (Lipinski definition) is 9. The summed E-state index contributed by atoms with van der Waals surface area (Å²) in [4.78, 5) is 22.8. The second-order valence-corrected chi connectivity index (χ2v) is 8.49. The molecule has 0 unspecified atom stereocenters. The van der Waals surface area contributed by atoms with Crippen LogP contribution in [-0.4, -0.2) is 63.8 Å². The zero-order valence-corrected chi connectivity index (χ0v) is 19.4. The molecule has 0 saturated carbocycles. The summed E-state index contributed by atoms with van der Waals surface area (Å²) in [5.41, 5.74) is 9.28. The minimum Gasteiger partial charge on any atom is -0.383 e. The number of hydrogen-bond donors (Lipinski definition) is 3. The number of aromatic nitrogens is 4. The zero-order valence-electron chi connectivity index (χ0n) is 19.4. The molecule has 1 saturated heterocycles. The Labute approximate surface area is 202 Å². The molecule has 2 aromatic carbocycles. The van der Waals surface area contributed by atoms with E-state index in [2.05, 4.69) is 32.1 Å². The number of nitrogens with one attached hydrogen (secondary N) is 2. The van der Waals surface area contributed by atoms with E-state index in [-0.39, 0.29) is 11.5 Å². The van der Waals surface area contributed by atoms with Gasteiger partial charge >= 0.3 is 0 Å². The molecule has 9 nitrogen and oxygen atoms in total. The van der Waals surface area contributed by atoms with Gasteiger partial charge in [0.15, 0.2) is 5.82 Å². The molecule has 35 heavy (non-hydrogen) atoms. The van der Waals surface area contributed by atoms with Gasteiger partial charge < -0.3 is 20.9 Å². The lowest BCUT2D eigenvalue weighted by Gasteiger charge is -2.34. The monoisotopic (exact) mass is 471 g/mol. The lowest BCUT2D eigenvalue weighted by molar-refractivity contribution is 0.312. The first-order valence-corrected chi connectivity index (χ1v) is 11.4. The van der Waals surface area contributed by atoms with E-state index >= 15 is 0 Å². The number of anilines is 3. The number of likely N-dealkylation sites (N-methyl/N-ethyl adjacent to an activating group) is 1. The summed E-state index contributed by atoms with van der Waals surface area (Å²) in [6.45, 7) is 3.91. The first kappa shape index (κ1) is 22.6. The van der Waals surface area contributed by atoms with E-state index in [1.807, 2.05) is 24.3 Å². The third-order valence-electron chi connectivity index (χ3n) is 6.09. The van der Waals surface area contributed by atoms with Gasteiger partial charge in [0.2, 0.25) is 0 Å². The van der Waals surface area contributed by atoms with E-state index in [1.54, 1.807) is 12.1 Å². The van der Waals surface area contributed by atoms with E-state index in [0.717, 1.165) is 48.7 Å². The summed E-state index contributed by atoms with van der Waals surface area (Å²) in [6.07, 6.45) is 1.34. The van der Waals surface area contributed by atoms with Crippen molar-refractivity contribution in [3.63, 3.8) is 0 Å². The molecule has 1 aliphatic heterocycles. The van der Waals surface area contributed by atoms with Crippen LogP contribution in [0.25, 0.3) is 11.0 Å². The largest absolute Gasteiger partial charge is 0.383 e. The molecule has 0 aliphatic carbocycles. The highest BCUT2D eigenvalue weighted by Gasteiger charge is 2.22. The summed E-state index contributed by atoms with van der Waals surface area (Å²) in [5, 5.41) is 11.9. The van der Waals surface area contributed by atoms with Crippen molar-refractivity contribution in [1.82, 2.24) is 24.8 Å². The SMILES string of the molecule is CN1CCN(c2nc3ccccc3nc2CNc2ncnc(N)c2C(=N)c2cccc(F)c2)CC1. The van der Waals surface area contributed by atoms with E-state index in [1.165, 1.54) is 18.5 Å². The molecule has 3 heterocycles. The summed E-state index contributed by atoms with van der Waals surface area (Å²) in [5.74, 6) is 0.917. The number of nitrogens with two attached hydrogens (primary N) is 1. The Morgan fingerprint density at radius 1 is 1.03 bits per heavy atom.